The molecule has 0 radical (unpaired) electrons. The van der Waals surface area contributed by atoms with E-state index in [-0.39, 0.29) is 11.1 Å². The van der Waals surface area contributed by atoms with E-state index in [1.165, 1.54) is 36.4 Å². The van der Waals surface area contributed by atoms with E-state index in [0.29, 0.717) is 57.6 Å². The molecule has 4 aliphatic rings. The number of rotatable bonds is 9. The molecule has 0 spiro atoms. The summed E-state index contributed by atoms with van der Waals surface area (Å²) in [4.78, 5) is 59.3. The standard InChI is InChI=1S/C22H17F2NO3.C21H12F5NO2.C21H14F3NO2.C21H15F2NO2/c1-25-18-9-4-3-6-14(18)20(15-11-10-13(27-2)12-19(15)25)22(26)28-21-16(23)7-5-8-17(21)24;1-27-16-6-2-10(22)8-12(16)18(13-9-11(23)3-7-17(13)27)21(28)29-20-15(25)5-4-14(24)19(20)26;1-25-16-8-4-2-6-12(16)18(13-7-3-5-9-17(13)25)21(26)27-20-15(23)11-10-14(22)19(20)24;1-24-17-11-4-2-7-13(17)19(14-8-3-5-12-18(14)24)21(25)26-20-15(22)9-6-10-16(20)23/h3-12,20H,1-2H3;2-9,18H,1H3;2-11,18H,1H3;2-12,19H,1H3. The number of halogens is 12. The quantitative estimate of drug-likeness (QED) is 0.0589. The van der Waals surface area contributed by atoms with E-state index in [4.69, 9.17) is 23.7 Å². The Balaban J connectivity index is 0.000000129. The molecule has 12 aromatic carbocycles. The number of ether oxygens (including phenoxy) is 5. The van der Waals surface area contributed by atoms with Crippen molar-refractivity contribution in [2.24, 2.45) is 0 Å². The molecule has 0 saturated heterocycles. The van der Waals surface area contributed by atoms with Crippen molar-refractivity contribution < 1.29 is 95.5 Å². The fourth-order valence-corrected chi connectivity index (χ4v) is 13.7. The highest BCUT2D eigenvalue weighted by Gasteiger charge is 2.41. The lowest BCUT2D eigenvalue weighted by atomic mass is 9.85. The van der Waals surface area contributed by atoms with Crippen LogP contribution in [0.2, 0.25) is 0 Å². The fourth-order valence-electron chi connectivity index (χ4n) is 13.7. The first kappa shape index (κ1) is 74.9. The number of hydrogen-bond acceptors (Lipinski definition) is 13. The molecule has 12 aromatic rings. The van der Waals surface area contributed by atoms with Crippen molar-refractivity contribution in [2.75, 3.05) is 54.9 Å². The monoisotopic (exact) mass is 1510 g/mol. The maximum Gasteiger partial charge on any atom is 0.323 e. The van der Waals surface area contributed by atoms with E-state index >= 15 is 0 Å². The van der Waals surface area contributed by atoms with Gasteiger partial charge in [-0.3, -0.25) is 19.2 Å². The number of carbonyl (C=O) groups is 4. The van der Waals surface area contributed by atoms with Gasteiger partial charge in [0, 0.05) is 79.8 Å². The Hall–Kier alpha value is -13.3. The van der Waals surface area contributed by atoms with Crippen molar-refractivity contribution in [1.29, 1.82) is 0 Å². The Morgan fingerprint density at radius 1 is 0.255 bits per heavy atom. The predicted octanol–water partition coefficient (Wildman–Crippen LogP) is 19.7. The van der Waals surface area contributed by atoms with Crippen LogP contribution < -0.4 is 43.3 Å². The molecule has 16 rings (SSSR count). The van der Waals surface area contributed by atoms with Gasteiger partial charge in [0.05, 0.1) is 7.11 Å². The number of esters is 4. The van der Waals surface area contributed by atoms with Gasteiger partial charge in [-0.15, -0.1) is 0 Å². The lowest BCUT2D eigenvalue weighted by molar-refractivity contribution is -0.136. The number of para-hydroxylation sites is 7. The molecule has 556 valence electrons. The number of carbonyl (C=O) groups excluding carboxylic acids is 4. The minimum Gasteiger partial charge on any atom is -0.497 e. The molecule has 25 heteroatoms. The van der Waals surface area contributed by atoms with Gasteiger partial charge >= 0.3 is 23.9 Å². The fraction of sp³-hybridized carbons (Fsp3) is 0.106. The molecule has 0 bridgehead atoms. The van der Waals surface area contributed by atoms with E-state index in [1.807, 2.05) is 139 Å². The van der Waals surface area contributed by atoms with Gasteiger partial charge in [-0.05, 0) is 166 Å². The van der Waals surface area contributed by atoms with Crippen LogP contribution in [0.15, 0.2) is 237 Å². The molecule has 0 saturated carbocycles. The normalized spacial score (nSPS) is 13.6. The van der Waals surface area contributed by atoms with Crippen LogP contribution >= 0.6 is 0 Å². The second-order valence-electron chi connectivity index (χ2n) is 25.2. The summed E-state index contributed by atoms with van der Waals surface area (Å²) in [5, 5.41) is 0. The predicted molar refractivity (Wildman–Crippen MR) is 386 cm³/mol. The number of fused-ring (bicyclic) bond motifs is 8. The van der Waals surface area contributed by atoms with Crippen molar-refractivity contribution in [1.82, 2.24) is 0 Å². The van der Waals surface area contributed by atoms with Crippen molar-refractivity contribution in [3.8, 4) is 28.7 Å². The summed E-state index contributed by atoms with van der Waals surface area (Å²) in [5.74, 6) is -23.8. The van der Waals surface area contributed by atoms with Gasteiger partial charge in [-0.25, -0.2) is 43.9 Å². The van der Waals surface area contributed by atoms with E-state index in [0.717, 1.165) is 87.7 Å². The summed E-state index contributed by atoms with van der Waals surface area (Å²) in [5.41, 5.74) is 10.0. The Kier molecular flexibility index (Phi) is 21.3. The van der Waals surface area contributed by atoms with Crippen LogP contribution in [0.3, 0.4) is 0 Å². The number of nitrogens with zero attached hydrogens (tertiary/aromatic N) is 4. The number of hydrogen-bond donors (Lipinski definition) is 0. The molecule has 0 amide bonds. The summed E-state index contributed by atoms with van der Waals surface area (Å²) in [7, 11) is 8.86. The second kappa shape index (κ2) is 31.2. The van der Waals surface area contributed by atoms with E-state index in [9.17, 15) is 71.9 Å². The van der Waals surface area contributed by atoms with E-state index in [1.54, 1.807) is 55.5 Å². The Labute approximate surface area is 620 Å². The van der Waals surface area contributed by atoms with Gasteiger partial charge in [0.1, 0.15) is 41.1 Å². The van der Waals surface area contributed by atoms with Crippen LogP contribution in [-0.2, 0) is 19.2 Å². The molecule has 110 heavy (non-hydrogen) atoms. The summed E-state index contributed by atoms with van der Waals surface area (Å²) >= 11 is 0. The number of benzene rings is 12. The third-order valence-corrected chi connectivity index (χ3v) is 18.9. The van der Waals surface area contributed by atoms with Crippen molar-refractivity contribution >= 4 is 69.4 Å². The van der Waals surface area contributed by atoms with Crippen LogP contribution in [0.1, 0.15) is 68.2 Å². The molecule has 4 heterocycles. The molecule has 0 N–H and O–H groups in total. The van der Waals surface area contributed by atoms with Gasteiger partial charge < -0.3 is 43.3 Å². The largest absolute Gasteiger partial charge is 0.497 e. The zero-order valence-corrected chi connectivity index (χ0v) is 58.3. The average molecular weight is 1510 g/mol. The molecule has 0 fully saturated rings. The molecular weight excluding hydrogens is 1450 g/mol. The van der Waals surface area contributed by atoms with Crippen LogP contribution in [0.4, 0.5) is 98.2 Å². The molecule has 1 unspecified atom stereocenters. The smallest absolute Gasteiger partial charge is 0.323 e. The Bertz CT molecular complexity index is 5450. The Morgan fingerprint density at radius 2 is 0.509 bits per heavy atom. The van der Waals surface area contributed by atoms with Crippen molar-refractivity contribution in [3.63, 3.8) is 0 Å². The van der Waals surface area contributed by atoms with Crippen LogP contribution in [0.5, 0.6) is 28.7 Å². The van der Waals surface area contributed by atoms with Crippen LogP contribution in [0.25, 0.3) is 0 Å². The third kappa shape index (κ3) is 14.3. The first-order valence-electron chi connectivity index (χ1n) is 33.5. The highest BCUT2D eigenvalue weighted by Crippen LogP contribution is 2.51. The van der Waals surface area contributed by atoms with Gasteiger partial charge in [0.15, 0.2) is 46.5 Å². The van der Waals surface area contributed by atoms with Gasteiger partial charge in [0.2, 0.25) is 34.6 Å². The SMILES string of the molecule is CN1c2ccc(F)cc2C(C(=O)Oc2c(F)ccc(F)c2F)c2cc(F)ccc21.CN1c2ccccc2C(C(=O)Oc2c(F)ccc(F)c2F)c2ccccc21.CN1c2ccccc2C(C(=O)Oc2c(F)cccc2F)c2ccccc21.COc1ccc2c(c1)N(C)c1ccccc1C2C(=O)Oc1c(F)cccc1F. The highest BCUT2D eigenvalue weighted by atomic mass is 19.2. The third-order valence-electron chi connectivity index (χ3n) is 18.9. The van der Waals surface area contributed by atoms with Crippen LogP contribution in [0, 0.1) is 69.8 Å². The van der Waals surface area contributed by atoms with E-state index in [2.05, 4.69) is 0 Å². The summed E-state index contributed by atoms with van der Waals surface area (Å²) in [6.45, 7) is 0. The highest BCUT2D eigenvalue weighted by molar-refractivity contribution is 5.96. The van der Waals surface area contributed by atoms with Crippen LogP contribution in [-0.4, -0.2) is 59.2 Å². The molecule has 0 aliphatic carbocycles. The maximum absolute atomic E-state index is 14.0. The minimum atomic E-state index is -1.68. The van der Waals surface area contributed by atoms with Crippen molar-refractivity contribution in [3.05, 3.63) is 351 Å². The molecular formula is C85H58F12N4O9. The van der Waals surface area contributed by atoms with Crippen molar-refractivity contribution in [2.45, 2.75) is 23.7 Å². The van der Waals surface area contributed by atoms with E-state index < -0.39 is 140 Å². The molecule has 13 nitrogen and oxygen atoms in total. The topological polar surface area (TPSA) is 127 Å². The maximum atomic E-state index is 14.0. The Morgan fingerprint density at radius 3 is 0.827 bits per heavy atom. The summed E-state index contributed by atoms with van der Waals surface area (Å²) in [6, 6.07) is 58.4. The zero-order valence-electron chi connectivity index (χ0n) is 58.3. The average Bonchev–Trinajstić information content (AvgIpc) is 0.762. The first-order chi connectivity index (χ1) is 52.8. The van der Waals surface area contributed by atoms with Gasteiger partial charge in [-0.1, -0.05) is 109 Å². The summed E-state index contributed by atoms with van der Waals surface area (Å²) in [6.07, 6.45) is 0. The number of anilines is 8. The second-order valence-corrected chi connectivity index (χ2v) is 25.2. The lowest BCUT2D eigenvalue weighted by Gasteiger charge is -2.34. The number of methoxy groups -OCH3 is 1. The van der Waals surface area contributed by atoms with Gasteiger partial charge in [-0.2, -0.15) is 8.78 Å². The first-order valence-corrected chi connectivity index (χ1v) is 33.5. The summed E-state index contributed by atoms with van der Waals surface area (Å²) < 4.78 is 192. The molecule has 1 atom stereocenters. The zero-order chi connectivity index (χ0) is 78.1. The minimum absolute atomic E-state index is 0.118. The molecule has 4 aliphatic heterocycles. The van der Waals surface area contributed by atoms with Gasteiger partial charge in [0.25, 0.3) is 0 Å². The lowest BCUT2D eigenvalue weighted by Crippen LogP contribution is -2.29. The molecule has 0 aromatic heterocycles.